The van der Waals surface area contributed by atoms with E-state index in [1.165, 1.54) is 19.3 Å². The molecule has 0 spiro atoms. The van der Waals surface area contributed by atoms with E-state index in [2.05, 4.69) is 29.4 Å². The number of hydrogen-bond acceptors (Lipinski definition) is 3. The Bertz CT molecular complexity index is 236. The van der Waals surface area contributed by atoms with Gasteiger partial charge in [0.1, 0.15) is 0 Å². The standard InChI is InChI=1S/C14H29N3O.2ClH/c1-3-11-17(4-2)12-10-16-14(18)8-7-13-6-5-9-15-13;;/h13,15H,3-12H2,1-2H3,(H,16,18);2*1H. The van der Waals surface area contributed by atoms with Crippen LogP contribution in [0.5, 0.6) is 0 Å². The SMILES string of the molecule is CCCN(CC)CCNC(=O)CCC1CCCN1.Cl.Cl. The highest BCUT2D eigenvalue weighted by Crippen LogP contribution is 2.10. The molecule has 122 valence electrons. The lowest BCUT2D eigenvalue weighted by atomic mass is 10.1. The van der Waals surface area contributed by atoms with E-state index in [1.54, 1.807) is 0 Å². The van der Waals surface area contributed by atoms with Gasteiger partial charge in [-0.05, 0) is 45.3 Å². The molecule has 0 bridgehead atoms. The van der Waals surface area contributed by atoms with Crippen LogP contribution in [0, 0.1) is 0 Å². The number of carbonyl (C=O) groups is 1. The number of likely N-dealkylation sites (N-methyl/N-ethyl adjacent to an activating group) is 1. The minimum Gasteiger partial charge on any atom is -0.355 e. The lowest BCUT2D eigenvalue weighted by molar-refractivity contribution is -0.121. The molecule has 20 heavy (non-hydrogen) atoms. The highest BCUT2D eigenvalue weighted by Gasteiger charge is 2.14. The highest BCUT2D eigenvalue weighted by atomic mass is 35.5. The predicted molar refractivity (Wildman–Crippen MR) is 90.2 cm³/mol. The maximum atomic E-state index is 11.7. The monoisotopic (exact) mass is 327 g/mol. The van der Waals surface area contributed by atoms with Crippen molar-refractivity contribution in [2.75, 3.05) is 32.7 Å². The number of nitrogens with zero attached hydrogens (tertiary/aromatic N) is 1. The van der Waals surface area contributed by atoms with Crippen LogP contribution in [0.15, 0.2) is 0 Å². The quantitative estimate of drug-likeness (QED) is 0.682. The number of rotatable bonds is 9. The molecule has 1 amide bonds. The Morgan fingerprint density at radius 3 is 2.60 bits per heavy atom. The van der Waals surface area contributed by atoms with Crippen LogP contribution >= 0.6 is 24.8 Å². The van der Waals surface area contributed by atoms with Crippen LogP contribution in [-0.4, -0.2) is 49.6 Å². The van der Waals surface area contributed by atoms with Gasteiger partial charge in [-0.1, -0.05) is 13.8 Å². The van der Waals surface area contributed by atoms with Crippen LogP contribution in [0.4, 0.5) is 0 Å². The second-order valence-corrected chi connectivity index (χ2v) is 5.12. The van der Waals surface area contributed by atoms with Crippen molar-refractivity contribution in [2.45, 2.75) is 52.0 Å². The van der Waals surface area contributed by atoms with E-state index >= 15 is 0 Å². The number of carbonyl (C=O) groups excluding carboxylic acids is 1. The molecule has 0 saturated carbocycles. The second-order valence-electron chi connectivity index (χ2n) is 5.12. The maximum absolute atomic E-state index is 11.7. The van der Waals surface area contributed by atoms with Crippen LogP contribution in [0.1, 0.15) is 46.0 Å². The second kappa shape index (κ2) is 13.9. The fourth-order valence-corrected chi connectivity index (χ4v) is 2.49. The number of hydrogen-bond donors (Lipinski definition) is 2. The summed E-state index contributed by atoms with van der Waals surface area (Å²) in [6.45, 7) is 9.42. The molecule has 2 N–H and O–H groups in total. The van der Waals surface area contributed by atoms with Crippen molar-refractivity contribution in [1.82, 2.24) is 15.5 Å². The molecule has 4 nitrogen and oxygen atoms in total. The van der Waals surface area contributed by atoms with Gasteiger partial charge >= 0.3 is 0 Å². The van der Waals surface area contributed by atoms with Gasteiger partial charge in [-0.2, -0.15) is 0 Å². The Hall–Kier alpha value is -0.0300. The summed E-state index contributed by atoms with van der Waals surface area (Å²) in [6.07, 6.45) is 5.31. The van der Waals surface area contributed by atoms with Gasteiger partial charge in [0.25, 0.3) is 0 Å². The van der Waals surface area contributed by atoms with Crippen LogP contribution in [-0.2, 0) is 4.79 Å². The summed E-state index contributed by atoms with van der Waals surface area (Å²) in [5.41, 5.74) is 0. The van der Waals surface area contributed by atoms with Gasteiger partial charge in [0.05, 0.1) is 0 Å². The Balaban J connectivity index is 0. The number of halogens is 2. The van der Waals surface area contributed by atoms with Gasteiger partial charge < -0.3 is 15.5 Å². The number of amides is 1. The number of nitrogens with one attached hydrogen (secondary N) is 2. The van der Waals surface area contributed by atoms with E-state index in [9.17, 15) is 4.79 Å². The molecule has 1 heterocycles. The van der Waals surface area contributed by atoms with E-state index in [-0.39, 0.29) is 30.7 Å². The van der Waals surface area contributed by atoms with E-state index < -0.39 is 0 Å². The van der Waals surface area contributed by atoms with Gasteiger partial charge in [0.15, 0.2) is 0 Å². The van der Waals surface area contributed by atoms with Crippen LogP contribution in [0.25, 0.3) is 0 Å². The van der Waals surface area contributed by atoms with Crippen molar-refractivity contribution >= 4 is 30.7 Å². The van der Waals surface area contributed by atoms with Gasteiger partial charge in [-0.15, -0.1) is 24.8 Å². The molecule has 0 aromatic rings. The van der Waals surface area contributed by atoms with Crippen molar-refractivity contribution in [2.24, 2.45) is 0 Å². The third kappa shape index (κ3) is 9.81. The van der Waals surface area contributed by atoms with E-state index in [1.807, 2.05) is 0 Å². The summed E-state index contributed by atoms with van der Waals surface area (Å²) in [4.78, 5) is 14.0. The van der Waals surface area contributed by atoms with E-state index in [0.29, 0.717) is 12.5 Å². The van der Waals surface area contributed by atoms with Gasteiger partial charge in [0.2, 0.25) is 5.91 Å². The average molecular weight is 328 g/mol. The zero-order valence-electron chi connectivity index (χ0n) is 12.8. The van der Waals surface area contributed by atoms with Crippen molar-refractivity contribution in [3.63, 3.8) is 0 Å². The molecule has 6 heteroatoms. The van der Waals surface area contributed by atoms with Gasteiger partial charge in [-0.25, -0.2) is 0 Å². The fraction of sp³-hybridized carbons (Fsp3) is 0.929. The first-order valence-corrected chi connectivity index (χ1v) is 7.48. The fourth-order valence-electron chi connectivity index (χ4n) is 2.49. The predicted octanol–water partition coefficient (Wildman–Crippen LogP) is 2.21. The normalized spacial score (nSPS) is 17.4. The van der Waals surface area contributed by atoms with Crippen LogP contribution < -0.4 is 10.6 Å². The zero-order chi connectivity index (χ0) is 13.2. The minimum atomic E-state index is 0. The zero-order valence-corrected chi connectivity index (χ0v) is 14.5. The molecular formula is C14H31Cl2N3O. The molecule has 1 atom stereocenters. The Morgan fingerprint density at radius 2 is 2.05 bits per heavy atom. The molecule has 1 unspecified atom stereocenters. The summed E-state index contributed by atoms with van der Waals surface area (Å²) >= 11 is 0. The molecule has 0 aromatic heterocycles. The molecule has 1 fully saturated rings. The average Bonchev–Trinajstić information content (AvgIpc) is 2.88. The topological polar surface area (TPSA) is 44.4 Å². The molecule has 0 aliphatic carbocycles. The molecule has 0 radical (unpaired) electrons. The summed E-state index contributed by atoms with van der Waals surface area (Å²) < 4.78 is 0. The largest absolute Gasteiger partial charge is 0.355 e. The highest BCUT2D eigenvalue weighted by molar-refractivity contribution is 5.85. The Kier molecular flexibility index (Phi) is 15.5. The van der Waals surface area contributed by atoms with Gasteiger partial charge in [-0.3, -0.25) is 4.79 Å². The van der Waals surface area contributed by atoms with Gasteiger partial charge in [0, 0.05) is 25.6 Å². The Morgan fingerprint density at radius 1 is 1.30 bits per heavy atom. The Labute approximate surface area is 136 Å². The molecular weight excluding hydrogens is 297 g/mol. The lowest BCUT2D eigenvalue weighted by Crippen LogP contribution is -2.35. The first kappa shape index (κ1) is 22.3. The van der Waals surface area contributed by atoms with Crippen molar-refractivity contribution in [3.05, 3.63) is 0 Å². The first-order chi connectivity index (χ1) is 8.76. The molecule has 1 rings (SSSR count). The van der Waals surface area contributed by atoms with E-state index in [0.717, 1.165) is 39.1 Å². The molecule has 1 saturated heterocycles. The molecule has 1 aliphatic rings. The third-order valence-corrected chi connectivity index (χ3v) is 3.62. The smallest absolute Gasteiger partial charge is 0.220 e. The summed E-state index contributed by atoms with van der Waals surface area (Å²) in [5.74, 6) is 0.205. The maximum Gasteiger partial charge on any atom is 0.220 e. The summed E-state index contributed by atoms with van der Waals surface area (Å²) in [5, 5.41) is 6.45. The third-order valence-electron chi connectivity index (χ3n) is 3.62. The lowest BCUT2D eigenvalue weighted by Gasteiger charge is -2.19. The molecule has 1 aliphatic heterocycles. The van der Waals surface area contributed by atoms with Crippen molar-refractivity contribution in [1.29, 1.82) is 0 Å². The van der Waals surface area contributed by atoms with E-state index in [4.69, 9.17) is 0 Å². The summed E-state index contributed by atoms with van der Waals surface area (Å²) in [7, 11) is 0. The van der Waals surface area contributed by atoms with Crippen molar-refractivity contribution in [3.8, 4) is 0 Å². The van der Waals surface area contributed by atoms with Crippen molar-refractivity contribution < 1.29 is 4.79 Å². The first-order valence-electron chi connectivity index (χ1n) is 7.48. The van der Waals surface area contributed by atoms with Crippen LogP contribution in [0.3, 0.4) is 0 Å². The van der Waals surface area contributed by atoms with Crippen LogP contribution in [0.2, 0.25) is 0 Å². The molecule has 0 aromatic carbocycles. The minimum absolute atomic E-state index is 0. The summed E-state index contributed by atoms with van der Waals surface area (Å²) in [6, 6.07) is 0.572.